The van der Waals surface area contributed by atoms with E-state index >= 15 is 0 Å². The summed E-state index contributed by atoms with van der Waals surface area (Å²) in [6.07, 6.45) is 5.78. The average molecular weight is 232 g/mol. The SMILES string of the molecule is OC1(c2ccc(C3CCC3)cc2)CCCOC1. The molecule has 0 spiro atoms. The zero-order valence-corrected chi connectivity index (χ0v) is 10.2. The monoisotopic (exact) mass is 232 g/mol. The lowest BCUT2D eigenvalue weighted by Gasteiger charge is -2.33. The Hall–Kier alpha value is -0.860. The van der Waals surface area contributed by atoms with Crippen molar-refractivity contribution in [3.63, 3.8) is 0 Å². The fourth-order valence-electron chi connectivity index (χ4n) is 2.81. The van der Waals surface area contributed by atoms with Gasteiger partial charge in [-0.15, -0.1) is 0 Å². The van der Waals surface area contributed by atoms with Crippen molar-refractivity contribution in [2.75, 3.05) is 13.2 Å². The predicted molar refractivity (Wildman–Crippen MR) is 67.0 cm³/mol. The Balaban J connectivity index is 1.78. The fourth-order valence-corrected chi connectivity index (χ4v) is 2.81. The van der Waals surface area contributed by atoms with Crippen molar-refractivity contribution in [1.29, 1.82) is 0 Å². The van der Waals surface area contributed by atoms with Gasteiger partial charge in [0.15, 0.2) is 0 Å². The molecule has 0 bridgehead atoms. The Morgan fingerprint density at radius 1 is 1.12 bits per heavy atom. The molecule has 1 aromatic carbocycles. The van der Waals surface area contributed by atoms with E-state index in [-0.39, 0.29) is 0 Å². The van der Waals surface area contributed by atoms with E-state index in [1.165, 1.54) is 24.8 Å². The van der Waals surface area contributed by atoms with Crippen molar-refractivity contribution in [2.24, 2.45) is 0 Å². The highest BCUT2D eigenvalue weighted by molar-refractivity contribution is 5.30. The predicted octanol–water partition coefficient (Wildman–Crippen LogP) is 2.95. The van der Waals surface area contributed by atoms with Crippen molar-refractivity contribution in [1.82, 2.24) is 0 Å². The second kappa shape index (κ2) is 4.43. The largest absolute Gasteiger partial charge is 0.383 e. The van der Waals surface area contributed by atoms with Crippen LogP contribution in [-0.2, 0) is 10.3 Å². The first-order valence-electron chi connectivity index (χ1n) is 6.68. The smallest absolute Gasteiger partial charge is 0.113 e. The normalized spacial score (nSPS) is 29.9. The second-order valence-corrected chi connectivity index (χ2v) is 5.44. The van der Waals surface area contributed by atoms with Gasteiger partial charge >= 0.3 is 0 Å². The van der Waals surface area contributed by atoms with Crippen LogP contribution in [0, 0.1) is 0 Å². The molecule has 1 atom stereocenters. The van der Waals surface area contributed by atoms with Crippen molar-refractivity contribution >= 4 is 0 Å². The molecular weight excluding hydrogens is 212 g/mol. The van der Waals surface area contributed by atoms with Crippen LogP contribution in [0.15, 0.2) is 24.3 Å². The topological polar surface area (TPSA) is 29.5 Å². The van der Waals surface area contributed by atoms with Crippen LogP contribution in [0.1, 0.15) is 49.1 Å². The second-order valence-electron chi connectivity index (χ2n) is 5.44. The van der Waals surface area contributed by atoms with Gasteiger partial charge in [-0.05, 0) is 42.7 Å². The zero-order chi connectivity index (χ0) is 11.7. The minimum absolute atomic E-state index is 0.440. The van der Waals surface area contributed by atoms with Gasteiger partial charge in [0, 0.05) is 6.61 Å². The van der Waals surface area contributed by atoms with Gasteiger partial charge in [0.05, 0.1) is 6.61 Å². The highest BCUT2D eigenvalue weighted by Gasteiger charge is 2.32. The minimum Gasteiger partial charge on any atom is -0.383 e. The number of rotatable bonds is 2. The molecule has 1 unspecified atom stereocenters. The summed E-state index contributed by atoms with van der Waals surface area (Å²) in [5, 5.41) is 10.5. The van der Waals surface area contributed by atoms with E-state index in [9.17, 15) is 5.11 Å². The third-order valence-corrected chi connectivity index (χ3v) is 4.24. The molecule has 17 heavy (non-hydrogen) atoms. The maximum absolute atomic E-state index is 10.5. The molecule has 1 aliphatic carbocycles. The third kappa shape index (κ3) is 2.12. The van der Waals surface area contributed by atoms with E-state index in [2.05, 4.69) is 24.3 Å². The summed E-state index contributed by atoms with van der Waals surface area (Å²) in [7, 11) is 0. The maximum Gasteiger partial charge on any atom is 0.113 e. The number of ether oxygens (including phenoxy) is 1. The van der Waals surface area contributed by atoms with Gasteiger partial charge in [0.1, 0.15) is 5.60 Å². The summed E-state index contributed by atoms with van der Waals surface area (Å²) in [4.78, 5) is 0. The molecule has 2 fully saturated rings. The molecule has 1 aromatic rings. The first-order chi connectivity index (χ1) is 8.28. The van der Waals surface area contributed by atoms with Crippen LogP contribution in [0.2, 0.25) is 0 Å². The Kier molecular flexibility index (Phi) is 2.93. The third-order valence-electron chi connectivity index (χ3n) is 4.24. The van der Waals surface area contributed by atoms with E-state index in [0.29, 0.717) is 6.61 Å². The van der Waals surface area contributed by atoms with Gasteiger partial charge in [0.25, 0.3) is 0 Å². The summed E-state index contributed by atoms with van der Waals surface area (Å²) < 4.78 is 5.40. The molecule has 1 aliphatic heterocycles. The Labute approximate surface area is 103 Å². The molecule has 1 heterocycles. The standard InChI is InChI=1S/C15H20O2/c16-15(9-2-10-17-11-15)14-7-5-13(6-8-14)12-3-1-4-12/h5-8,12,16H,1-4,9-11H2. The first-order valence-corrected chi connectivity index (χ1v) is 6.68. The Morgan fingerprint density at radius 2 is 1.88 bits per heavy atom. The fraction of sp³-hybridized carbons (Fsp3) is 0.600. The molecule has 3 rings (SSSR count). The highest BCUT2D eigenvalue weighted by atomic mass is 16.5. The first kappa shape index (κ1) is 11.2. The van der Waals surface area contributed by atoms with E-state index in [0.717, 1.165) is 30.9 Å². The summed E-state index contributed by atoms with van der Waals surface area (Å²) >= 11 is 0. The van der Waals surface area contributed by atoms with E-state index in [4.69, 9.17) is 4.74 Å². The molecule has 1 N–H and O–H groups in total. The molecule has 2 aliphatic rings. The average Bonchev–Trinajstić information content (AvgIpc) is 2.28. The molecule has 2 nitrogen and oxygen atoms in total. The number of hydrogen-bond donors (Lipinski definition) is 1. The van der Waals surface area contributed by atoms with Crippen LogP contribution < -0.4 is 0 Å². The van der Waals surface area contributed by atoms with Crippen molar-refractivity contribution < 1.29 is 9.84 Å². The van der Waals surface area contributed by atoms with Crippen LogP contribution >= 0.6 is 0 Å². The summed E-state index contributed by atoms with van der Waals surface area (Å²) in [6.45, 7) is 1.22. The lowest BCUT2D eigenvalue weighted by molar-refractivity contribution is -0.0902. The van der Waals surface area contributed by atoms with Crippen LogP contribution in [0.3, 0.4) is 0 Å². The Bertz CT molecular complexity index is 372. The zero-order valence-electron chi connectivity index (χ0n) is 10.2. The van der Waals surface area contributed by atoms with Gasteiger partial charge in [-0.1, -0.05) is 30.7 Å². The Morgan fingerprint density at radius 3 is 2.41 bits per heavy atom. The van der Waals surface area contributed by atoms with Crippen molar-refractivity contribution in [2.45, 2.75) is 43.6 Å². The van der Waals surface area contributed by atoms with Gasteiger partial charge < -0.3 is 9.84 Å². The lowest BCUT2D eigenvalue weighted by atomic mass is 9.79. The summed E-state index contributed by atoms with van der Waals surface area (Å²) in [5.41, 5.74) is 1.69. The summed E-state index contributed by atoms with van der Waals surface area (Å²) in [5.74, 6) is 0.765. The van der Waals surface area contributed by atoms with Crippen LogP contribution in [0.25, 0.3) is 0 Å². The minimum atomic E-state index is -0.754. The number of benzene rings is 1. The molecule has 0 aromatic heterocycles. The van der Waals surface area contributed by atoms with Gasteiger partial charge in [0.2, 0.25) is 0 Å². The number of hydrogen-bond acceptors (Lipinski definition) is 2. The van der Waals surface area contributed by atoms with E-state index in [1.807, 2.05) is 0 Å². The molecule has 92 valence electrons. The molecule has 2 heteroatoms. The van der Waals surface area contributed by atoms with Crippen molar-refractivity contribution in [3.05, 3.63) is 35.4 Å². The van der Waals surface area contributed by atoms with Gasteiger partial charge in [-0.2, -0.15) is 0 Å². The molecule has 0 amide bonds. The van der Waals surface area contributed by atoms with E-state index in [1.54, 1.807) is 0 Å². The quantitative estimate of drug-likeness (QED) is 0.849. The van der Waals surface area contributed by atoms with Crippen LogP contribution in [0.5, 0.6) is 0 Å². The molecular formula is C15H20O2. The lowest BCUT2D eigenvalue weighted by Crippen LogP contribution is -2.35. The van der Waals surface area contributed by atoms with Crippen LogP contribution in [0.4, 0.5) is 0 Å². The number of aliphatic hydroxyl groups is 1. The summed E-state index contributed by atoms with van der Waals surface area (Å²) in [6, 6.07) is 8.54. The molecule has 1 saturated carbocycles. The maximum atomic E-state index is 10.5. The molecule has 0 radical (unpaired) electrons. The van der Waals surface area contributed by atoms with Gasteiger partial charge in [-0.25, -0.2) is 0 Å². The molecule has 1 saturated heterocycles. The van der Waals surface area contributed by atoms with Gasteiger partial charge in [-0.3, -0.25) is 0 Å². The van der Waals surface area contributed by atoms with Crippen molar-refractivity contribution in [3.8, 4) is 0 Å². The van der Waals surface area contributed by atoms with E-state index < -0.39 is 5.60 Å². The van der Waals surface area contributed by atoms with Crippen LogP contribution in [-0.4, -0.2) is 18.3 Å². The highest BCUT2D eigenvalue weighted by Crippen LogP contribution is 2.37.